The largest absolute Gasteiger partial charge is 0.478 e. The Morgan fingerprint density at radius 3 is 2.75 bits per heavy atom. The van der Waals surface area contributed by atoms with Gasteiger partial charge in [0.05, 0.1) is 22.0 Å². The van der Waals surface area contributed by atoms with Crippen molar-refractivity contribution in [2.75, 3.05) is 5.32 Å². The van der Waals surface area contributed by atoms with Crippen LogP contribution in [0.1, 0.15) is 21.1 Å². The fraction of sp³-hybridized carbons (Fsp3) is 0.0714. The van der Waals surface area contributed by atoms with Crippen LogP contribution in [0.3, 0.4) is 0 Å². The molecule has 0 saturated carbocycles. The molecule has 1 heterocycles. The first kappa shape index (κ1) is 14.0. The zero-order chi connectivity index (χ0) is 14.5. The maximum absolute atomic E-state index is 11.8. The summed E-state index contributed by atoms with van der Waals surface area (Å²) in [5.41, 5.74) is 1.03. The zero-order valence-corrected chi connectivity index (χ0v) is 11.5. The van der Waals surface area contributed by atoms with Crippen LogP contribution < -0.4 is 5.32 Å². The van der Waals surface area contributed by atoms with Crippen molar-refractivity contribution in [2.24, 2.45) is 0 Å². The number of aromatic nitrogens is 1. The number of carboxylic acid groups (broad SMARTS) is 1. The van der Waals surface area contributed by atoms with E-state index in [1.165, 1.54) is 23.5 Å². The third-order valence-corrected chi connectivity index (χ3v) is 3.25. The summed E-state index contributed by atoms with van der Waals surface area (Å²) in [6.45, 7) is 1.88. The highest BCUT2D eigenvalue weighted by Crippen LogP contribution is 2.15. The van der Waals surface area contributed by atoms with Crippen LogP contribution >= 0.6 is 11.3 Å². The second-order valence-electron chi connectivity index (χ2n) is 3.96. The van der Waals surface area contributed by atoms with Crippen LogP contribution in [-0.2, 0) is 4.79 Å². The van der Waals surface area contributed by atoms with E-state index in [1.807, 2.05) is 12.3 Å². The Morgan fingerprint density at radius 2 is 2.10 bits per heavy atom. The van der Waals surface area contributed by atoms with Crippen LogP contribution in [0.5, 0.6) is 0 Å². The molecule has 0 radical (unpaired) electrons. The summed E-state index contributed by atoms with van der Waals surface area (Å²) in [6, 6.07) is 6.25. The number of aromatic carboxylic acids is 1. The highest BCUT2D eigenvalue weighted by molar-refractivity contribution is 7.09. The molecule has 0 fully saturated rings. The first-order chi connectivity index (χ1) is 9.56. The molecule has 0 aliphatic heterocycles. The number of benzene rings is 1. The van der Waals surface area contributed by atoms with Crippen molar-refractivity contribution in [1.29, 1.82) is 0 Å². The standard InChI is InChI=1S/C14H12N2O3S/c1-9-15-10(8-20-9)6-7-13(17)16-12-5-3-2-4-11(12)14(18)19/h2-8H,1H3,(H,16,17)(H,18,19)/b7-6+. The van der Waals surface area contributed by atoms with Crippen LogP contribution in [-0.4, -0.2) is 22.0 Å². The molecule has 1 aromatic carbocycles. The lowest BCUT2D eigenvalue weighted by atomic mass is 10.2. The van der Waals surface area contributed by atoms with Crippen molar-refractivity contribution >= 4 is 35.0 Å². The van der Waals surface area contributed by atoms with Crippen LogP contribution in [0, 0.1) is 6.92 Å². The van der Waals surface area contributed by atoms with E-state index in [4.69, 9.17) is 5.11 Å². The van der Waals surface area contributed by atoms with Crippen molar-refractivity contribution in [3.8, 4) is 0 Å². The number of aryl methyl sites for hydroxylation is 1. The summed E-state index contributed by atoms with van der Waals surface area (Å²) < 4.78 is 0. The number of amides is 1. The lowest BCUT2D eigenvalue weighted by Gasteiger charge is -2.05. The average Bonchev–Trinajstić information content (AvgIpc) is 2.83. The van der Waals surface area contributed by atoms with Gasteiger partial charge in [-0.05, 0) is 25.1 Å². The fourth-order valence-electron chi connectivity index (χ4n) is 1.57. The summed E-state index contributed by atoms with van der Waals surface area (Å²) in [5.74, 6) is -1.48. The molecule has 0 saturated heterocycles. The lowest BCUT2D eigenvalue weighted by molar-refractivity contribution is -0.111. The Balaban J connectivity index is 2.09. The van der Waals surface area contributed by atoms with E-state index in [0.29, 0.717) is 5.69 Å². The number of para-hydroxylation sites is 1. The minimum Gasteiger partial charge on any atom is -0.478 e. The first-order valence-electron chi connectivity index (χ1n) is 5.80. The monoisotopic (exact) mass is 288 g/mol. The van der Waals surface area contributed by atoms with Crippen molar-refractivity contribution in [3.63, 3.8) is 0 Å². The van der Waals surface area contributed by atoms with E-state index in [9.17, 15) is 9.59 Å². The molecule has 1 amide bonds. The Labute approximate surface area is 119 Å². The van der Waals surface area contributed by atoms with E-state index < -0.39 is 11.9 Å². The van der Waals surface area contributed by atoms with Crippen LogP contribution in [0.25, 0.3) is 6.08 Å². The number of thiazole rings is 1. The average molecular weight is 288 g/mol. The molecule has 0 unspecified atom stereocenters. The van der Waals surface area contributed by atoms with Crippen molar-refractivity contribution in [3.05, 3.63) is 52.0 Å². The fourth-order valence-corrected chi connectivity index (χ4v) is 2.15. The van der Waals surface area contributed by atoms with E-state index in [2.05, 4.69) is 10.3 Å². The molecule has 5 nitrogen and oxygen atoms in total. The number of anilines is 1. The smallest absolute Gasteiger partial charge is 0.337 e. The van der Waals surface area contributed by atoms with Gasteiger partial charge in [-0.1, -0.05) is 12.1 Å². The Kier molecular flexibility index (Phi) is 4.27. The molecule has 0 aliphatic rings. The van der Waals surface area contributed by atoms with Gasteiger partial charge in [-0.2, -0.15) is 0 Å². The third-order valence-electron chi connectivity index (χ3n) is 2.46. The summed E-state index contributed by atoms with van der Waals surface area (Å²) in [7, 11) is 0. The van der Waals surface area contributed by atoms with Gasteiger partial charge in [0.15, 0.2) is 0 Å². The van der Waals surface area contributed by atoms with Crippen molar-refractivity contribution in [2.45, 2.75) is 6.92 Å². The third kappa shape index (κ3) is 3.52. The summed E-state index contributed by atoms with van der Waals surface area (Å²) in [5, 5.41) is 14.3. The highest BCUT2D eigenvalue weighted by atomic mass is 32.1. The normalized spacial score (nSPS) is 10.7. The second-order valence-corrected chi connectivity index (χ2v) is 5.03. The quantitative estimate of drug-likeness (QED) is 0.848. The summed E-state index contributed by atoms with van der Waals surface area (Å²) in [4.78, 5) is 27.0. The number of carbonyl (C=O) groups excluding carboxylic acids is 1. The molecule has 0 aliphatic carbocycles. The minimum absolute atomic E-state index is 0.0544. The van der Waals surface area contributed by atoms with Crippen LogP contribution in [0.15, 0.2) is 35.7 Å². The van der Waals surface area contributed by atoms with Gasteiger partial charge in [0.2, 0.25) is 5.91 Å². The molecule has 2 N–H and O–H groups in total. The molecule has 6 heteroatoms. The Hall–Kier alpha value is -2.47. The predicted octanol–water partition coefficient (Wildman–Crippen LogP) is 2.80. The number of nitrogens with one attached hydrogen (secondary N) is 1. The summed E-state index contributed by atoms with van der Waals surface area (Å²) in [6.07, 6.45) is 2.91. The van der Waals surface area contributed by atoms with Crippen molar-refractivity contribution in [1.82, 2.24) is 4.98 Å². The van der Waals surface area contributed by atoms with Gasteiger partial charge in [-0.15, -0.1) is 11.3 Å². The van der Waals surface area contributed by atoms with Gasteiger partial charge in [-0.3, -0.25) is 4.79 Å². The van der Waals surface area contributed by atoms with Crippen LogP contribution in [0.2, 0.25) is 0 Å². The number of carboxylic acids is 1. The lowest BCUT2D eigenvalue weighted by Crippen LogP contribution is -2.11. The van der Waals surface area contributed by atoms with E-state index in [-0.39, 0.29) is 11.3 Å². The highest BCUT2D eigenvalue weighted by Gasteiger charge is 2.10. The molecule has 1 aromatic heterocycles. The van der Waals surface area contributed by atoms with Gasteiger partial charge in [0, 0.05) is 11.5 Å². The van der Waals surface area contributed by atoms with Gasteiger partial charge in [0.1, 0.15) is 0 Å². The van der Waals surface area contributed by atoms with Crippen LogP contribution in [0.4, 0.5) is 5.69 Å². The molecule has 0 bridgehead atoms. The molecule has 2 rings (SSSR count). The predicted molar refractivity (Wildman–Crippen MR) is 77.9 cm³/mol. The Morgan fingerprint density at radius 1 is 1.35 bits per heavy atom. The van der Waals surface area contributed by atoms with E-state index >= 15 is 0 Å². The second kappa shape index (κ2) is 6.12. The molecular weight excluding hydrogens is 276 g/mol. The van der Waals surface area contributed by atoms with E-state index in [0.717, 1.165) is 5.01 Å². The maximum Gasteiger partial charge on any atom is 0.337 e. The molecule has 2 aromatic rings. The number of hydrogen-bond donors (Lipinski definition) is 2. The van der Waals surface area contributed by atoms with E-state index in [1.54, 1.807) is 24.3 Å². The molecule has 0 spiro atoms. The molecule has 0 atom stereocenters. The Bertz CT molecular complexity index is 677. The number of nitrogens with zero attached hydrogens (tertiary/aromatic N) is 1. The van der Waals surface area contributed by atoms with Gasteiger partial charge < -0.3 is 10.4 Å². The number of rotatable bonds is 4. The molecule has 102 valence electrons. The number of carbonyl (C=O) groups is 2. The zero-order valence-electron chi connectivity index (χ0n) is 10.7. The summed E-state index contributed by atoms with van der Waals surface area (Å²) >= 11 is 1.49. The maximum atomic E-state index is 11.8. The van der Waals surface area contributed by atoms with Crippen molar-refractivity contribution < 1.29 is 14.7 Å². The molecular formula is C14H12N2O3S. The number of hydrogen-bond acceptors (Lipinski definition) is 4. The first-order valence-corrected chi connectivity index (χ1v) is 6.68. The van der Waals surface area contributed by atoms with Gasteiger partial charge in [0.25, 0.3) is 0 Å². The SMILES string of the molecule is Cc1nc(/C=C/C(=O)Nc2ccccc2C(=O)O)cs1. The minimum atomic E-state index is -1.08. The van der Waals surface area contributed by atoms with Gasteiger partial charge in [-0.25, -0.2) is 9.78 Å². The molecule has 20 heavy (non-hydrogen) atoms. The van der Waals surface area contributed by atoms with Gasteiger partial charge >= 0.3 is 5.97 Å². The topological polar surface area (TPSA) is 79.3 Å².